The average Bonchev–Trinajstić information content (AvgIpc) is 2.98. The van der Waals surface area contributed by atoms with E-state index in [4.69, 9.17) is 0 Å². The molecular formula is C16H11N3. The van der Waals surface area contributed by atoms with Crippen LogP contribution in [-0.4, -0.2) is 0 Å². The van der Waals surface area contributed by atoms with Crippen LogP contribution in [0.2, 0.25) is 0 Å². The van der Waals surface area contributed by atoms with E-state index < -0.39 is 0 Å². The normalized spacial score (nSPS) is 17.2. The molecule has 2 aliphatic carbocycles. The van der Waals surface area contributed by atoms with E-state index in [1.165, 1.54) is 21.6 Å². The molecule has 1 aromatic carbocycles. The summed E-state index contributed by atoms with van der Waals surface area (Å²) >= 11 is 0. The number of fused-ring (bicyclic) bond motifs is 2. The van der Waals surface area contributed by atoms with Gasteiger partial charge in [0.15, 0.2) is 0 Å². The van der Waals surface area contributed by atoms with Crippen molar-refractivity contribution in [3.63, 3.8) is 0 Å². The zero-order valence-electron chi connectivity index (χ0n) is 10.2. The quantitative estimate of drug-likeness (QED) is 0.808. The van der Waals surface area contributed by atoms with Crippen LogP contribution in [0.15, 0.2) is 46.9 Å². The monoisotopic (exact) mass is 245 g/mol. The summed E-state index contributed by atoms with van der Waals surface area (Å²) in [4.78, 5) is 0. The zero-order chi connectivity index (χ0) is 12.7. The van der Waals surface area contributed by atoms with Crippen LogP contribution in [-0.2, 0) is 0 Å². The van der Waals surface area contributed by atoms with Gasteiger partial charge < -0.3 is 0 Å². The zero-order valence-corrected chi connectivity index (χ0v) is 10.2. The van der Waals surface area contributed by atoms with Crippen LogP contribution in [0.4, 0.5) is 0 Å². The van der Waals surface area contributed by atoms with Crippen molar-refractivity contribution >= 4 is 30.0 Å². The van der Waals surface area contributed by atoms with Gasteiger partial charge in [0.1, 0.15) is 0 Å². The van der Waals surface area contributed by atoms with Crippen molar-refractivity contribution in [3.05, 3.63) is 63.7 Å². The molecule has 1 aromatic rings. The van der Waals surface area contributed by atoms with Crippen LogP contribution >= 0.6 is 0 Å². The number of rotatable bonds is 1. The lowest BCUT2D eigenvalue weighted by atomic mass is 9.98. The van der Waals surface area contributed by atoms with Gasteiger partial charge in [0, 0.05) is 11.8 Å². The highest BCUT2D eigenvalue weighted by Gasteiger charge is 2.15. The molecule has 0 amide bonds. The third-order valence-electron chi connectivity index (χ3n) is 3.45. The molecule has 0 aromatic heterocycles. The number of hydrogen-bond donors (Lipinski definition) is 1. The predicted molar refractivity (Wildman–Crippen MR) is 77.8 cm³/mol. The van der Waals surface area contributed by atoms with Crippen molar-refractivity contribution in [1.82, 2.24) is 5.43 Å². The Hall–Kier alpha value is -2.68. The topological polar surface area (TPSA) is 36.8 Å². The van der Waals surface area contributed by atoms with Crippen molar-refractivity contribution in [1.29, 1.82) is 0 Å². The van der Waals surface area contributed by atoms with E-state index in [9.17, 15) is 0 Å². The molecule has 3 heteroatoms. The van der Waals surface area contributed by atoms with Gasteiger partial charge in [-0.2, -0.15) is 0 Å². The number of allylic oxidation sites excluding steroid dienone is 4. The molecule has 0 radical (unpaired) electrons. The van der Waals surface area contributed by atoms with Gasteiger partial charge in [0.25, 0.3) is 0 Å². The number of hydrogen-bond acceptors (Lipinski definition) is 3. The average molecular weight is 245 g/mol. The molecule has 0 atom stereocenters. The van der Waals surface area contributed by atoms with Gasteiger partial charge in [-0.25, -0.2) is 0 Å². The molecular weight excluding hydrogens is 234 g/mol. The molecule has 0 spiro atoms. The lowest BCUT2D eigenvalue weighted by Crippen LogP contribution is -2.19. The molecule has 19 heavy (non-hydrogen) atoms. The van der Waals surface area contributed by atoms with Crippen LogP contribution in [0.5, 0.6) is 0 Å². The van der Waals surface area contributed by atoms with Crippen molar-refractivity contribution in [2.24, 2.45) is 10.3 Å². The first-order chi connectivity index (χ1) is 9.43. The minimum atomic E-state index is 0.884. The van der Waals surface area contributed by atoms with E-state index in [2.05, 4.69) is 58.3 Å². The summed E-state index contributed by atoms with van der Waals surface area (Å²) in [5.41, 5.74) is 7.26. The Morgan fingerprint density at radius 3 is 2.89 bits per heavy atom. The molecule has 0 fully saturated rings. The second-order valence-electron chi connectivity index (χ2n) is 4.55. The highest BCUT2D eigenvalue weighted by Crippen LogP contribution is 2.21. The highest BCUT2D eigenvalue weighted by atomic mass is 15.4. The summed E-state index contributed by atoms with van der Waals surface area (Å²) < 4.78 is 0. The fourth-order valence-corrected chi connectivity index (χ4v) is 2.63. The third-order valence-corrected chi connectivity index (χ3v) is 3.45. The lowest BCUT2D eigenvalue weighted by Gasteiger charge is -2.08. The third kappa shape index (κ3) is 1.52. The largest absolute Gasteiger partial charge is 0.267 e. The fourth-order valence-electron chi connectivity index (χ4n) is 2.63. The molecule has 1 heterocycles. The Balaban J connectivity index is 2.09. The maximum atomic E-state index is 4.27. The Labute approximate surface area is 110 Å². The van der Waals surface area contributed by atoms with Crippen LogP contribution in [0, 0.1) is 0 Å². The Kier molecular flexibility index (Phi) is 2.12. The summed E-state index contributed by atoms with van der Waals surface area (Å²) in [6.45, 7) is 0. The van der Waals surface area contributed by atoms with E-state index in [1.807, 2.05) is 12.2 Å². The van der Waals surface area contributed by atoms with E-state index in [0.29, 0.717) is 0 Å². The molecule has 1 aliphatic heterocycles. The summed E-state index contributed by atoms with van der Waals surface area (Å²) in [7, 11) is 0. The van der Waals surface area contributed by atoms with Crippen molar-refractivity contribution in [2.75, 3.05) is 0 Å². The van der Waals surface area contributed by atoms with Gasteiger partial charge in [-0.15, -0.1) is 5.11 Å². The van der Waals surface area contributed by atoms with Gasteiger partial charge >= 0.3 is 0 Å². The maximum absolute atomic E-state index is 4.27. The standard InChI is InChI=1S/C16H11N3/c1-4-11-10-12-5-2-7-14(12)16(13(11)6-1)15-8-3-9-17-19-18-15/h1-10H,(H,17,18). The summed E-state index contributed by atoms with van der Waals surface area (Å²) in [6.07, 6.45) is 18.4. The molecule has 0 unspecified atom stereocenters. The van der Waals surface area contributed by atoms with E-state index >= 15 is 0 Å². The second kappa shape index (κ2) is 3.92. The minimum absolute atomic E-state index is 0.884. The molecule has 0 saturated carbocycles. The van der Waals surface area contributed by atoms with Gasteiger partial charge in [-0.05, 0) is 39.8 Å². The fraction of sp³-hybridized carbons (Fsp3) is 0. The first kappa shape index (κ1) is 10.3. The second-order valence-corrected chi connectivity index (χ2v) is 4.55. The summed E-state index contributed by atoms with van der Waals surface area (Å²) in [5, 5.41) is 10.7. The summed E-state index contributed by atoms with van der Waals surface area (Å²) in [6, 6.07) is 2.22. The van der Waals surface area contributed by atoms with Crippen LogP contribution in [0.25, 0.3) is 30.0 Å². The smallest absolute Gasteiger partial charge is 0.0959 e. The van der Waals surface area contributed by atoms with Crippen molar-refractivity contribution in [2.45, 2.75) is 0 Å². The molecule has 4 rings (SSSR count). The van der Waals surface area contributed by atoms with Crippen molar-refractivity contribution < 1.29 is 0 Å². The molecule has 90 valence electrons. The van der Waals surface area contributed by atoms with E-state index in [-0.39, 0.29) is 0 Å². The molecule has 0 saturated heterocycles. The number of benzene rings is 1. The van der Waals surface area contributed by atoms with Crippen LogP contribution in [0.3, 0.4) is 0 Å². The summed E-state index contributed by atoms with van der Waals surface area (Å²) in [5.74, 6) is 0. The molecule has 1 N–H and O–H groups in total. The molecule has 3 nitrogen and oxygen atoms in total. The van der Waals surface area contributed by atoms with Gasteiger partial charge in [-0.3, -0.25) is 5.43 Å². The molecule has 0 bridgehead atoms. The van der Waals surface area contributed by atoms with Gasteiger partial charge in [0.2, 0.25) is 0 Å². The van der Waals surface area contributed by atoms with Crippen molar-refractivity contribution in [3.8, 4) is 0 Å². The number of nitrogens with one attached hydrogen (secondary N) is 1. The Morgan fingerprint density at radius 2 is 1.89 bits per heavy atom. The minimum Gasteiger partial charge on any atom is -0.267 e. The predicted octanol–water partition coefficient (Wildman–Crippen LogP) is 2.13. The Morgan fingerprint density at radius 1 is 0.947 bits per heavy atom. The lowest BCUT2D eigenvalue weighted by molar-refractivity contribution is 0.881. The van der Waals surface area contributed by atoms with Crippen LogP contribution in [0.1, 0.15) is 16.7 Å². The maximum Gasteiger partial charge on any atom is 0.0959 e. The Bertz CT molecular complexity index is 834. The first-order valence-corrected chi connectivity index (χ1v) is 6.21. The first-order valence-electron chi connectivity index (χ1n) is 6.21. The van der Waals surface area contributed by atoms with Gasteiger partial charge in [-0.1, -0.05) is 41.7 Å². The van der Waals surface area contributed by atoms with E-state index in [1.54, 1.807) is 6.20 Å². The SMILES string of the molecule is C1=CNN=NC(c2c3c(cc4c2=CC=C4)=CC=C3)=C1. The van der Waals surface area contributed by atoms with Crippen LogP contribution < -0.4 is 15.9 Å². The molecule has 3 aliphatic rings. The van der Waals surface area contributed by atoms with Gasteiger partial charge in [0.05, 0.1) is 5.70 Å². The van der Waals surface area contributed by atoms with E-state index in [0.717, 1.165) is 11.3 Å². The number of nitrogens with zero attached hydrogens (tertiary/aromatic N) is 2. The highest BCUT2D eigenvalue weighted by molar-refractivity contribution is 5.84.